The normalized spacial score (nSPS) is 10.3. The van der Waals surface area contributed by atoms with E-state index >= 15 is 0 Å². The van der Waals surface area contributed by atoms with Crippen LogP contribution in [0.2, 0.25) is 0 Å². The summed E-state index contributed by atoms with van der Waals surface area (Å²) in [5.74, 6) is 5.74. The molecule has 4 heteroatoms. The Kier molecular flexibility index (Phi) is 4.82. The van der Waals surface area contributed by atoms with E-state index in [1.807, 2.05) is 6.07 Å². The van der Waals surface area contributed by atoms with E-state index < -0.39 is 11.7 Å². The Morgan fingerprint density at radius 2 is 2.11 bits per heavy atom. The number of phenolic OH excluding ortho intramolecular Hbond substituents is 1. The summed E-state index contributed by atoms with van der Waals surface area (Å²) in [7, 11) is 0. The predicted molar refractivity (Wildman–Crippen MR) is 74.0 cm³/mol. The number of amides is 1. The molecule has 1 aromatic carbocycles. The van der Waals surface area contributed by atoms with E-state index in [4.69, 9.17) is 4.74 Å². The van der Waals surface area contributed by atoms with Gasteiger partial charge in [-0.25, -0.2) is 4.79 Å². The molecule has 0 aliphatic rings. The van der Waals surface area contributed by atoms with Crippen molar-refractivity contribution in [2.75, 3.05) is 6.54 Å². The van der Waals surface area contributed by atoms with E-state index in [2.05, 4.69) is 17.2 Å². The van der Waals surface area contributed by atoms with Gasteiger partial charge in [-0.15, -0.1) is 0 Å². The van der Waals surface area contributed by atoms with Crippen molar-refractivity contribution < 1.29 is 14.6 Å². The fourth-order valence-corrected chi connectivity index (χ4v) is 1.33. The fraction of sp³-hybridized carbons (Fsp3) is 0.400. The van der Waals surface area contributed by atoms with Crippen molar-refractivity contribution >= 4 is 6.09 Å². The first-order valence-corrected chi connectivity index (χ1v) is 6.04. The van der Waals surface area contributed by atoms with Crippen LogP contribution in [0, 0.1) is 18.8 Å². The van der Waals surface area contributed by atoms with Gasteiger partial charge in [0.05, 0.1) is 12.1 Å². The number of rotatable bonds is 1. The highest BCUT2D eigenvalue weighted by molar-refractivity contribution is 5.68. The first kappa shape index (κ1) is 14.9. The number of alkyl carbamates (subject to hydrolysis) is 1. The van der Waals surface area contributed by atoms with E-state index in [-0.39, 0.29) is 12.3 Å². The van der Waals surface area contributed by atoms with Crippen molar-refractivity contribution in [3.8, 4) is 17.6 Å². The highest BCUT2D eigenvalue weighted by atomic mass is 16.6. The molecule has 0 fully saturated rings. The number of hydrogen-bond acceptors (Lipinski definition) is 3. The second-order valence-electron chi connectivity index (χ2n) is 5.13. The summed E-state index contributed by atoms with van der Waals surface area (Å²) >= 11 is 0. The fourth-order valence-electron chi connectivity index (χ4n) is 1.33. The summed E-state index contributed by atoms with van der Waals surface area (Å²) in [6.07, 6.45) is -0.504. The SMILES string of the molecule is Cc1cccc(C#CCNC(=O)OC(C)(C)C)c1O. The molecular formula is C15H19NO3. The van der Waals surface area contributed by atoms with Crippen LogP contribution in [-0.4, -0.2) is 23.3 Å². The van der Waals surface area contributed by atoms with Crippen LogP contribution in [0.5, 0.6) is 5.75 Å². The molecular weight excluding hydrogens is 242 g/mol. The second-order valence-corrected chi connectivity index (χ2v) is 5.13. The third-order valence-electron chi connectivity index (χ3n) is 2.18. The van der Waals surface area contributed by atoms with Crippen molar-refractivity contribution in [2.45, 2.75) is 33.3 Å². The van der Waals surface area contributed by atoms with Crippen molar-refractivity contribution in [1.82, 2.24) is 5.32 Å². The molecule has 0 heterocycles. The summed E-state index contributed by atoms with van der Waals surface area (Å²) in [6.45, 7) is 7.36. The van der Waals surface area contributed by atoms with E-state index in [9.17, 15) is 9.90 Å². The molecule has 0 bridgehead atoms. The lowest BCUT2D eigenvalue weighted by Gasteiger charge is -2.19. The van der Waals surface area contributed by atoms with Crippen LogP contribution in [0.4, 0.5) is 4.79 Å². The lowest BCUT2D eigenvalue weighted by Crippen LogP contribution is -2.32. The van der Waals surface area contributed by atoms with Crippen molar-refractivity contribution in [3.63, 3.8) is 0 Å². The Morgan fingerprint density at radius 1 is 1.42 bits per heavy atom. The Labute approximate surface area is 113 Å². The third kappa shape index (κ3) is 5.35. The van der Waals surface area contributed by atoms with Crippen molar-refractivity contribution in [3.05, 3.63) is 29.3 Å². The maximum Gasteiger partial charge on any atom is 0.408 e. The third-order valence-corrected chi connectivity index (χ3v) is 2.18. The molecule has 1 rings (SSSR count). The number of phenols is 1. The number of benzene rings is 1. The van der Waals surface area contributed by atoms with Gasteiger partial charge in [0, 0.05) is 0 Å². The summed E-state index contributed by atoms with van der Waals surface area (Å²) in [6, 6.07) is 5.35. The lowest BCUT2D eigenvalue weighted by molar-refractivity contribution is 0.0535. The van der Waals surface area contributed by atoms with E-state index in [0.717, 1.165) is 5.56 Å². The number of aromatic hydroxyl groups is 1. The summed E-state index contributed by atoms with van der Waals surface area (Å²) in [5.41, 5.74) is 0.796. The zero-order valence-corrected chi connectivity index (χ0v) is 11.7. The molecule has 0 aliphatic carbocycles. The maximum absolute atomic E-state index is 11.3. The smallest absolute Gasteiger partial charge is 0.408 e. The average Bonchev–Trinajstić information content (AvgIpc) is 2.27. The summed E-state index contributed by atoms with van der Waals surface area (Å²) < 4.78 is 5.07. The Hall–Kier alpha value is -2.15. The van der Waals surface area contributed by atoms with Crippen molar-refractivity contribution in [2.24, 2.45) is 0 Å². The molecule has 0 saturated carbocycles. The molecule has 0 aromatic heterocycles. The molecule has 0 unspecified atom stereocenters. The average molecular weight is 261 g/mol. The maximum atomic E-state index is 11.3. The molecule has 19 heavy (non-hydrogen) atoms. The second kappa shape index (κ2) is 6.14. The molecule has 0 saturated heterocycles. The molecule has 0 aliphatic heterocycles. The molecule has 0 spiro atoms. The van der Waals surface area contributed by atoms with Crippen molar-refractivity contribution in [1.29, 1.82) is 0 Å². The Bertz CT molecular complexity index is 518. The van der Waals surface area contributed by atoms with E-state index in [1.54, 1.807) is 39.8 Å². The molecule has 2 N–H and O–H groups in total. The predicted octanol–water partition coefficient (Wildman–Crippen LogP) is 2.58. The van der Waals surface area contributed by atoms with Crippen LogP contribution in [0.15, 0.2) is 18.2 Å². The molecule has 1 aromatic rings. The van der Waals surface area contributed by atoms with Crippen LogP contribution in [0.25, 0.3) is 0 Å². The molecule has 0 radical (unpaired) electrons. The largest absolute Gasteiger partial charge is 0.506 e. The number of carbonyl (C=O) groups is 1. The first-order valence-electron chi connectivity index (χ1n) is 6.04. The van der Waals surface area contributed by atoms with Gasteiger partial charge in [0.25, 0.3) is 0 Å². The van der Waals surface area contributed by atoms with Gasteiger partial charge >= 0.3 is 6.09 Å². The summed E-state index contributed by atoms with van der Waals surface area (Å²) in [5, 5.41) is 12.3. The minimum Gasteiger partial charge on any atom is -0.506 e. The number of carbonyl (C=O) groups excluding carboxylic acids is 1. The number of aryl methyl sites for hydroxylation is 1. The number of nitrogens with one attached hydrogen (secondary N) is 1. The van der Waals surface area contributed by atoms with E-state index in [1.165, 1.54) is 0 Å². The van der Waals surface area contributed by atoms with Gasteiger partial charge in [-0.05, 0) is 39.3 Å². The number of hydrogen-bond donors (Lipinski definition) is 2. The van der Waals surface area contributed by atoms with Gasteiger partial charge in [0.1, 0.15) is 11.4 Å². The topological polar surface area (TPSA) is 58.6 Å². The molecule has 4 nitrogen and oxygen atoms in total. The van der Waals surface area contributed by atoms with Crippen LogP contribution < -0.4 is 5.32 Å². The van der Waals surface area contributed by atoms with Crippen LogP contribution in [-0.2, 0) is 4.74 Å². The van der Waals surface area contributed by atoms with Crippen LogP contribution in [0.1, 0.15) is 31.9 Å². The molecule has 0 atom stereocenters. The Morgan fingerprint density at radius 3 is 2.74 bits per heavy atom. The van der Waals surface area contributed by atoms with E-state index in [0.29, 0.717) is 5.56 Å². The van der Waals surface area contributed by atoms with Gasteiger partial charge in [0.2, 0.25) is 0 Å². The minimum absolute atomic E-state index is 0.169. The molecule has 1 amide bonds. The van der Waals surface area contributed by atoms with Gasteiger partial charge in [0.15, 0.2) is 0 Å². The van der Waals surface area contributed by atoms with Gasteiger partial charge in [-0.2, -0.15) is 0 Å². The lowest BCUT2D eigenvalue weighted by atomic mass is 10.1. The van der Waals surface area contributed by atoms with Gasteiger partial charge in [-0.3, -0.25) is 0 Å². The zero-order chi connectivity index (χ0) is 14.5. The quantitative estimate of drug-likeness (QED) is 0.764. The number of para-hydroxylation sites is 1. The van der Waals surface area contributed by atoms with Crippen LogP contribution in [0.3, 0.4) is 0 Å². The Balaban J connectivity index is 2.53. The zero-order valence-electron chi connectivity index (χ0n) is 11.7. The summed E-state index contributed by atoms with van der Waals surface area (Å²) in [4.78, 5) is 11.3. The van der Waals surface area contributed by atoms with Gasteiger partial charge in [-0.1, -0.05) is 24.0 Å². The van der Waals surface area contributed by atoms with Gasteiger partial charge < -0.3 is 15.2 Å². The minimum atomic E-state index is -0.522. The highest BCUT2D eigenvalue weighted by Crippen LogP contribution is 2.19. The monoisotopic (exact) mass is 261 g/mol. The molecule has 102 valence electrons. The van der Waals surface area contributed by atoms with Crippen LogP contribution >= 0.6 is 0 Å². The first-order chi connectivity index (χ1) is 8.79. The number of ether oxygens (including phenoxy) is 1. The highest BCUT2D eigenvalue weighted by Gasteiger charge is 2.14. The standard InChI is InChI=1S/C15H19NO3/c1-11-7-5-8-12(13(11)17)9-6-10-16-14(18)19-15(2,3)4/h5,7-8,17H,10H2,1-4H3,(H,16,18).